The van der Waals surface area contributed by atoms with Gasteiger partial charge in [-0.2, -0.15) is 11.8 Å². The molecule has 0 spiro atoms. The van der Waals surface area contributed by atoms with Crippen LogP contribution in [-0.4, -0.2) is 34.7 Å². The van der Waals surface area contributed by atoms with Gasteiger partial charge in [0, 0.05) is 17.0 Å². The van der Waals surface area contributed by atoms with E-state index in [0.29, 0.717) is 12.2 Å². The average Bonchev–Trinajstić information content (AvgIpc) is 2.38. The van der Waals surface area contributed by atoms with Gasteiger partial charge in [0.2, 0.25) is 0 Å². The zero-order valence-electron chi connectivity index (χ0n) is 11.3. The molecule has 0 bridgehead atoms. The molecule has 1 aromatic carbocycles. The molecule has 0 radical (unpaired) electrons. The van der Waals surface area contributed by atoms with E-state index in [1.165, 1.54) is 18.6 Å². The second kappa shape index (κ2) is 6.17. The third-order valence-electron chi connectivity index (χ3n) is 3.66. The predicted molar refractivity (Wildman–Crippen MR) is 80.5 cm³/mol. The first-order valence-corrected chi connectivity index (χ1v) is 7.70. The molecule has 108 valence electrons. The Morgan fingerprint density at radius 2 is 1.95 bits per heavy atom. The van der Waals surface area contributed by atoms with Gasteiger partial charge in [-0.15, -0.1) is 0 Å². The van der Waals surface area contributed by atoms with E-state index < -0.39 is 5.97 Å². The zero-order chi connectivity index (χ0) is 14.6. The van der Waals surface area contributed by atoms with Crippen LogP contribution in [0.1, 0.15) is 29.6 Å². The molecule has 1 saturated carbocycles. The Hall–Kier alpha value is -1.69. The lowest BCUT2D eigenvalue weighted by atomic mass is 9.84. The van der Waals surface area contributed by atoms with E-state index >= 15 is 0 Å². The van der Waals surface area contributed by atoms with E-state index in [9.17, 15) is 9.59 Å². The molecular formula is C14H18N2O3S. The molecule has 5 nitrogen and oxygen atoms in total. The lowest BCUT2D eigenvalue weighted by Gasteiger charge is -2.40. The summed E-state index contributed by atoms with van der Waals surface area (Å²) in [6, 6.07) is 5.84. The maximum absolute atomic E-state index is 11.8. The van der Waals surface area contributed by atoms with Crippen LogP contribution >= 0.6 is 11.8 Å². The van der Waals surface area contributed by atoms with Crippen molar-refractivity contribution in [2.75, 3.05) is 18.1 Å². The van der Waals surface area contributed by atoms with Crippen LogP contribution in [0.2, 0.25) is 0 Å². The molecule has 6 heteroatoms. The Kier molecular flexibility index (Phi) is 4.54. The second-order valence-electron chi connectivity index (χ2n) is 4.93. The monoisotopic (exact) mass is 294 g/mol. The zero-order valence-corrected chi connectivity index (χ0v) is 12.1. The summed E-state index contributed by atoms with van der Waals surface area (Å²) in [5, 5.41) is 14.4. The highest BCUT2D eigenvalue weighted by atomic mass is 32.2. The van der Waals surface area contributed by atoms with Crippen LogP contribution < -0.4 is 10.6 Å². The predicted octanol–water partition coefficient (Wildman–Crippen LogP) is 2.79. The van der Waals surface area contributed by atoms with E-state index in [4.69, 9.17) is 5.11 Å². The van der Waals surface area contributed by atoms with E-state index in [1.54, 1.807) is 23.9 Å². The van der Waals surface area contributed by atoms with Crippen LogP contribution in [0.3, 0.4) is 0 Å². The molecule has 0 atom stereocenters. The fourth-order valence-electron chi connectivity index (χ4n) is 2.14. The topological polar surface area (TPSA) is 78.4 Å². The van der Waals surface area contributed by atoms with Crippen LogP contribution in [0.4, 0.5) is 10.5 Å². The van der Waals surface area contributed by atoms with Gasteiger partial charge < -0.3 is 15.7 Å². The number of urea groups is 1. The van der Waals surface area contributed by atoms with Gasteiger partial charge in [0.05, 0.1) is 5.56 Å². The largest absolute Gasteiger partial charge is 0.478 e. The third kappa shape index (κ3) is 3.45. The number of hydrogen-bond donors (Lipinski definition) is 3. The minimum atomic E-state index is -0.979. The Morgan fingerprint density at radius 3 is 2.40 bits per heavy atom. The molecule has 20 heavy (non-hydrogen) atoms. The molecule has 1 aliphatic rings. The number of rotatable bonds is 5. The summed E-state index contributed by atoms with van der Waals surface area (Å²) in [7, 11) is 0. The van der Waals surface area contributed by atoms with Crippen molar-refractivity contribution in [1.82, 2.24) is 5.32 Å². The van der Waals surface area contributed by atoms with Crippen molar-refractivity contribution < 1.29 is 14.7 Å². The number of aromatic carboxylic acids is 1. The summed E-state index contributed by atoms with van der Waals surface area (Å²) >= 11 is 1.80. The van der Waals surface area contributed by atoms with Crippen LogP contribution in [0.15, 0.2) is 24.3 Å². The summed E-state index contributed by atoms with van der Waals surface area (Å²) in [6.45, 7) is 0.660. The molecule has 0 aliphatic heterocycles. The Morgan fingerprint density at radius 1 is 1.30 bits per heavy atom. The fraction of sp³-hybridized carbons (Fsp3) is 0.429. The van der Waals surface area contributed by atoms with Gasteiger partial charge in [0.25, 0.3) is 0 Å². The number of anilines is 1. The smallest absolute Gasteiger partial charge is 0.335 e. The first-order valence-electron chi connectivity index (χ1n) is 6.48. The molecule has 1 fully saturated rings. The number of benzene rings is 1. The van der Waals surface area contributed by atoms with Crippen LogP contribution in [-0.2, 0) is 0 Å². The Balaban J connectivity index is 1.83. The van der Waals surface area contributed by atoms with Gasteiger partial charge in [-0.1, -0.05) is 6.42 Å². The van der Waals surface area contributed by atoms with Gasteiger partial charge in [-0.05, 0) is 43.4 Å². The highest BCUT2D eigenvalue weighted by Gasteiger charge is 2.36. The molecule has 3 N–H and O–H groups in total. The summed E-state index contributed by atoms with van der Waals surface area (Å²) in [5.74, 6) is -0.979. The van der Waals surface area contributed by atoms with Gasteiger partial charge in [-0.25, -0.2) is 9.59 Å². The number of carbonyl (C=O) groups is 2. The van der Waals surface area contributed by atoms with Crippen molar-refractivity contribution in [3.8, 4) is 0 Å². The van der Waals surface area contributed by atoms with E-state index in [-0.39, 0.29) is 16.3 Å². The number of carboxylic acids is 1. The maximum Gasteiger partial charge on any atom is 0.335 e. The van der Waals surface area contributed by atoms with Gasteiger partial charge in [-0.3, -0.25) is 0 Å². The standard InChI is InChI=1S/C14H18N2O3S/c1-20-14(7-2-8-14)9-15-13(19)16-11-5-3-10(4-6-11)12(17)18/h3-6H,2,7-9H2,1H3,(H,17,18)(H2,15,16,19). The Bertz CT molecular complexity index is 492. The molecule has 0 unspecified atom stereocenters. The quantitative estimate of drug-likeness (QED) is 0.780. The maximum atomic E-state index is 11.8. The van der Waals surface area contributed by atoms with Crippen molar-refractivity contribution in [2.24, 2.45) is 0 Å². The number of hydrogen-bond acceptors (Lipinski definition) is 3. The van der Waals surface area contributed by atoms with E-state index in [1.807, 2.05) is 0 Å². The lowest BCUT2D eigenvalue weighted by molar-refractivity contribution is 0.0697. The summed E-state index contributed by atoms with van der Waals surface area (Å²) in [5.41, 5.74) is 0.783. The van der Waals surface area contributed by atoms with Gasteiger partial charge in [0.1, 0.15) is 0 Å². The highest BCUT2D eigenvalue weighted by Crippen LogP contribution is 2.42. The normalized spacial score (nSPS) is 16.1. The average molecular weight is 294 g/mol. The number of thioether (sulfide) groups is 1. The molecule has 0 aromatic heterocycles. The Labute approximate surface area is 122 Å². The molecule has 1 aromatic rings. The lowest BCUT2D eigenvalue weighted by Crippen LogP contribution is -2.46. The van der Waals surface area contributed by atoms with Crippen LogP contribution in [0, 0.1) is 0 Å². The minimum Gasteiger partial charge on any atom is -0.478 e. The molecule has 0 heterocycles. The van der Waals surface area contributed by atoms with Crippen molar-refractivity contribution >= 4 is 29.4 Å². The number of nitrogens with one attached hydrogen (secondary N) is 2. The van der Waals surface area contributed by atoms with Crippen molar-refractivity contribution in [3.63, 3.8) is 0 Å². The van der Waals surface area contributed by atoms with Crippen molar-refractivity contribution in [3.05, 3.63) is 29.8 Å². The van der Waals surface area contributed by atoms with Gasteiger partial charge >= 0.3 is 12.0 Å². The first-order chi connectivity index (χ1) is 9.54. The highest BCUT2D eigenvalue weighted by molar-refractivity contribution is 8.00. The molecule has 2 amide bonds. The number of carboxylic acid groups (broad SMARTS) is 1. The molecular weight excluding hydrogens is 276 g/mol. The SMILES string of the molecule is CSC1(CNC(=O)Nc2ccc(C(=O)O)cc2)CCC1. The third-order valence-corrected chi connectivity index (χ3v) is 5.08. The fourth-order valence-corrected chi connectivity index (χ4v) is 3.05. The van der Waals surface area contributed by atoms with E-state index in [0.717, 1.165) is 12.8 Å². The summed E-state index contributed by atoms with van der Waals surface area (Å²) in [6.07, 6.45) is 5.58. The van der Waals surface area contributed by atoms with Crippen molar-refractivity contribution in [2.45, 2.75) is 24.0 Å². The van der Waals surface area contributed by atoms with Crippen LogP contribution in [0.25, 0.3) is 0 Å². The summed E-state index contributed by atoms with van der Waals surface area (Å²) < 4.78 is 0.199. The number of amides is 2. The summed E-state index contributed by atoms with van der Waals surface area (Å²) in [4.78, 5) is 22.5. The first kappa shape index (κ1) is 14.7. The molecule has 2 rings (SSSR count). The minimum absolute atomic E-state index is 0.199. The second-order valence-corrected chi connectivity index (χ2v) is 6.21. The molecule has 0 saturated heterocycles. The molecule has 1 aliphatic carbocycles. The van der Waals surface area contributed by atoms with Crippen LogP contribution in [0.5, 0.6) is 0 Å². The van der Waals surface area contributed by atoms with E-state index in [2.05, 4.69) is 16.9 Å². The number of carbonyl (C=O) groups excluding carboxylic acids is 1. The van der Waals surface area contributed by atoms with Gasteiger partial charge in [0.15, 0.2) is 0 Å². The van der Waals surface area contributed by atoms with Crippen molar-refractivity contribution in [1.29, 1.82) is 0 Å².